The van der Waals surface area contributed by atoms with Gasteiger partial charge in [-0.2, -0.15) is 8.78 Å². The fraction of sp³-hybridized carbons (Fsp3) is 0.235. The summed E-state index contributed by atoms with van der Waals surface area (Å²) in [6, 6.07) is 12.7. The van der Waals surface area contributed by atoms with E-state index >= 15 is 0 Å². The summed E-state index contributed by atoms with van der Waals surface area (Å²) >= 11 is 0. The van der Waals surface area contributed by atoms with Crippen molar-refractivity contribution in [1.82, 2.24) is 5.32 Å². The third kappa shape index (κ3) is 4.42. The van der Waals surface area contributed by atoms with Crippen LogP contribution in [0, 0.1) is 0 Å². The number of carbonyl (C=O) groups excluding carboxylic acids is 1. The van der Waals surface area contributed by atoms with E-state index in [1.165, 1.54) is 19.2 Å². The SMILES string of the molecule is COc1ccccc1C(=O)NC(C)c1ccc(OC(F)F)cc1. The van der Waals surface area contributed by atoms with Gasteiger partial charge in [0, 0.05) is 0 Å². The second-order valence-electron chi connectivity index (χ2n) is 4.84. The predicted octanol–water partition coefficient (Wildman–Crippen LogP) is 3.79. The van der Waals surface area contributed by atoms with Crippen LogP contribution >= 0.6 is 0 Å². The third-order valence-corrected chi connectivity index (χ3v) is 3.30. The van der Waals surface area contributed by atoms with Crippen LogP contribution in [-0.4, -0.2) is 19.6 Å². The number of para-hydroxylation sites is 1. The molecule has 1 amide bonds. The number of hydrogen-bond acceptors (Lipinski definition) is 3. The number of ether oxygens (including phenoxy) is 2. The van der Waals surface area contributed by atoms with Crippen LogP contribution in [0.15, 0.2) is 48.5 Å². The van der Waals surface area contributed by atoms with Gasteiger partial charge in [-0.1, -0.05) is 24.3 Å². The molecule has 1 unspecified atom stereocenters. The number of methoxy groups -OCH3 is 1. The van der Waals surface area contributed by atoms with Gasteiger partial charge in [0.05, 0.1) is 18.7 Å². The van der Waals surface area contributed by atoms with Crippen molar-refractivity contribution in [2.75, 3.05) is 7.11 Å². The average molecular weight is 321 g/mol. The first-order chi connectivity index (χ1) is 11.0. The Labute approximate surface area is 133 Å². The van der Waals surface area contributed by atoms with E-state index in [9.17, 15) is 13.6 Å². The summed E-state index contributed by atoms with van der Waals surface area (Å²) in [6.45, 7) is -1.06. The van der Waals surface area contributed by atoms with Crippen molar-refractivity contribution in [3.8, 4) is 11.5 Å². The summed E-state index contributed by atoms with van der Waals surface area (Å²) < 4.78 is 33.7. The maximum absolute atomic E-state index is 12.3. The Morgan fingerprint density at radius 2 is 1.74 bits per heavy atom. The molecule has 4 nitrogen and oxygen atoms in total. The van der Waals surface area contributed by atoms with Crippen molar-refractivity contribution in [1.29, 1.82) is 0 Å². The number of hydrogen-bond donors (Lipinski definition) is 1. The van der Waals surface area contributed by atoms with Crippen molar-refractivity contribution in [2.45, 2.75) is 19.6 Å². The van der Waals surface area contributed by atoms with Crippen LogP contribution in [0.3, 0.4) is 0 Å². The third-order valence-electron chi connectivity index (χ3n) is 3.30. The van der Waals surface area contributed by atoms with Crippen LogP contribution < -0.4 is 14.8 Å². The van der Waals surface area contributed by atoms with Gasteiger partial charge < -0.3 is 14.8 Å². The number of halogens is 2. The van der Waals surface area contributed by atoms with E-state index in [0.717, 1.165) is 5.56 Å². The molecule has 0 aromatic heterocycles. The first-order valence-electron chi connectivity index (χ1n) is 7.00. The zero-order valence-electron chi connectivity index (χ0n) is 12.8. The molecular formula is C17H17F2NO3. The molecule has 0 bridgehead atoms. The van der Waals surface area contributed by atoms with Gasteiger partial charge in [0.2, 0.25) is 0 Å². The quantitative estimate of drug-likeness (QED) is 0.880. The topological polar surface area (TPSA) is 47.6 Å². The Morgan fingerprint density at radius 3 is 2.35 bits per heavy atom. The highest BCUT2D eigenvalue weighted by Gasteiger charge is 2.15. The first-order valence-corrected chi connectivity index (χ1v) is 7.00. The molecule has 0 radical (unpaired) electrons. The number of nitrogens with one attached hydrogen (secondary N) is 1. The summed E-state index contributed by atoms with van der Waals surface area (Å²) in [5, 5.41) is 2.84. The highest BCUT2D eigenvalue weighted by molar-refractivity contribution is 5.97. The van der Waals surface area contributed by atoms with E-state index < -0.39 is 6.61 Å². The Hall–Kier alpha value is -2.63. The minimum Gasteiger partial charge on any atom is -0.496 e. The number of rotatable bonds is 6. The van der Waals surface area contributed by atoms with Crippen LogP contribution in [0.1, 0.15) is 28.9 Å². The van der Waals surface area contributed by atoms with E-state index in [1.807, 2.05) is 0 Å². The largest absolute Gasteiger partial charge is 0.496 e. The van der Waals surface area contributed by atoms with E-state index in [-0.39, 0.29) is 17.7 Å². The van der Waals surface area contributed by atoms with Gasteiger partial charge in [-0.3, -0.25) is 4.79 Å². The standard InChI is InChI=1S/C17H17F2NO3/c1-11(12-7-9-13(10-8-12)23-17(18)19)20-16(21)14-5-3-4-6-15(14)22-2/h3-11,17H,1-2H3,(H,20,21). The van der Waals surface area contributed by atoms with Gasteiger partial charge in [0.25, 0.3) is 5.91 Å². The van der Waals surface area contributed by atoms with Crippen molar-refractivity contribution >= 4 is 5.91 Å². The number of carbonyl (C=O) groups is 1. The maximum Gasteiger partial charge on any atom is 0.387 e. The lowest BCUT2D eigenvalue weighted by molar-refractivity contribution is -0.0498. The molecule has 0 saturated heterocycles. The molecule has 0 fully saturated rings. The first kappa shape index (κ1) is 16.7. The average Bonchev–Trinajstić information content (AvgIpc) is 2.54. The van der Waals surface area contributed by atoms with Gasteiger partial charge in [0.15, 0.2) is 0 Å². The predicted molar refractivity (Wildman–Crippen MR) is 81.9 cm³/mol. The molecule has 0 aliphatic heterocycles. The van der Waals surface area contributed by atoms with Gasteiger partial charge in [-0.25, -0.2) is 0 Å². The summed E-state index contributed by atoms with van der Waals surface area (Å²) in [4.78, 5) is 12.3. The van der Waals surface area contributed by atoms with Crippen LogP contribution in [0.2, 0.25) is 0 Å². The molecule has 0 aliphatic rings. The van der Waals surface area contributed by atoms with Crippen LogP contribution in [0.4, 0.5) is 8.78 Å². The lowest BCUT2D eigenvalue weighted by atomic mass is 10.1. The summed E-state index contributed by atoms with van der Waals surface area (Å²) in [5.74, 6) is 0.285. The highest BCUT2D eigenvalue weighted by Crippen LogP contribution is 2.21. The van der Waals surface area contributed by atoms with Crippen molar-refractivity contribution in [3.63, 3.8) is 0 Å². The molecule has 2 aromatic carbocycles. The van der Waals surface area contributed by atoms with Gasteiger partial charge in [0.1, 0.15) is 11.5 Å². The maximum atomic E-state index is 12.3. The fourth-order valence-corrected chi connectivity index (χ4v) is 2.13. The van der Waals surface area contributed by atoms with E-state index in [0.29, 0.717) is 11.3 Å². The molecule has 2 rings (SSSR count). The zero-order chi connectivity index (χ0) is 16.8. The molecule has 6 heteroatoms. The molecule has 1 atom stereocenters. The number of alkyl halides is 2. The molecule has 0 spiro atoms. The Bertz CT molecular complexity index is 659. The molecule has 1 N–H and O–H groups in total. The van der Waals surface area contributed by atoms with Gasteiger partial charge in [-0.15, -0.1) is 0 Å². The lowest BCUT2D eigenvalue weighted by Crippen LogP contribution is -2.27. The molecular weight excluding hydrogens is 304 g/mol. The van der Waals surface area contributed by atoms with Crippen LogP contribution in [0.5, 0.6) is 11.5 Å². The molecule has 0 heterocycles. The molecule has 2 aromatic rings. The van der Waals surface area contributed by atoms with Crippen molar-refractivity contribution < 1.29 is 23.0 Å². The Balaban J connectivity index is 2.06. The number of amides is 1. The van der Waals surface area contributed by atoms with Gasteiger partial charge >= 0.3 is 6.61 Å². The van der Waals surface area contributed by atoms with Crippen LogP contribution in [-0.2, 0) is 0 Å². The molecule has 122 valence electrons. The Kier molecular flexibility index (Phi) is 5.51. The minimum atomic E-state index is -2.86. The monoisotopic (exact) mass is 321 g/mol. The molecule has 0 aliphatic carbocycles. The fourth-order valence-electron chi connectivity index (χ4n) is 2.13. The lowest BCUT2D eigenvalue weighted by Gasteiger charge is -2.16. The normalized spacial score (nSPS) is 11.9. The van der Waals surface area contributed by atoms with E-state index in [1.54, 1.807) is 43.3 Å². The Morgan fingerprint density at radius 1 is 1.09 bits per heavy atom. The van der Waals surface area contributed by atoms with Crippen molar-refractivity contribution in [3.05, 3.63) is 59.7 Å². The minimum absolute atomic E-state index is 0.0759. The second kappa shape index (κ2) is 7.58. The van der Waals surface area contributed by atoms with Crippen LogP contribution in [0.25, 0.3) is 0 Å². The highest BCUT2D eigenvalue weighted by atomic mass is 19.3. The number of benzene rings is 2. The summed E-state index contributed by atoms with van der Waals surface area (Å²) in [7, 11) is 1.50. The second-order valence-corrected chi connectivity index (χ2v) is 4.84. The molecule has 23 heavy (non-hydrogen) atoms. The smallest absolute Gasteiger partial charge is 0.387 e. The van der Waals surface area contributed by atoms with Crippen molar-refractivity contribution in [2.24, 2.45) is 0 Å². The molecule has 0 saturated carbocycles. The summed E-state index contributed by atoms with van der Waals surface area (Å²) in [6.07, 6.45) is 0. The van der Waals surface area contributed by atoms with E-state index in [4.69, 9.17) is 4.74 Å². The van der Waals surface area contributed by atoms with Gasteiger partial charge in [-0.05, 0) is 36.8 Å². The summed E-state index contributed by atoms with van der Waals surface area (Å²) in [5.41, 5.74) is 1.20. The van der Waals surface area contributed by atoms with E-state index in [2.05, 4.69) is 10.1 Å². The zero-order valence-corrected chi connectivity index (χ0v) is 12.8.